The lowest BCUT2D eigenvalue weighted by molar-refractivity contribution is -0.124. The van der Waals surface area contributed by atoms with Gasteiger partial charge < -0.3 is 11.5 Å². The Bertz CT molecular complexity index is 405. The van der Waals surface area contributed by atoms with Gasteiger partial charge in [-0.05, 0) is 31.0 Å². The molecule has 2 rings (SSSR count). The van der Waals surface area contributed by atoms with Crippen LogP contribution in [0, 0.1) is 0 Å². The first-order valence-corrected chi connectivity index (χ1v) is 6.05. The summed E-state index contributed by atoms with van der Waals surface area (Å²) in [4.78, 5) is 13.5. The van der Waals surface area contributed by atoms with E-state index in [2.05, 4.69) is 4.90 Å². The highest BCUT2D eigenvalue weighted by molar-refractivity contribution is 5.79. The minimum atomic E-state index is -0.223. The number of carbonyl (C=O) groups is 1. The van der Waals surface area contributed by atoms with Crippen molar-refractivity contribution in [2.75, 3.05) is 12.3 Å². The van der Waals surface area contributed by atoms with Crippen LogP contribution in [-0.2, 0) is 11.3 Å². The third kappa shape index (κ3) is 2.77. The largest absolute Gasteiger partial charge is 0.398 e. The third-order valence-electron chi connectivity index (χ3n) is 3.37. The summed E-state index contributed by atoms with van der Waals surface area (Å²) in [5, 5.41) is 0. The van der Waals surface area contributed by atoms with E-state index in [9.17, 15) is 4.79 Å². The Hall–Kier alpha value is -1.55. The minimum absolute atomic E-state index is 0.136. The van der Waals surface area contributed by atoms with Crippen molar-refractivity contribution in [3.05, 3.63) is 29.8 Å². The van der Waals surface area contributed by atoms with Crippen molar-refractivity contribution in [1.82, 2.24) is 4.90 Å². The number of para-hydroxylation sites is 1. The van der Waals surface area contributed by atoms with Crippen molar-refractivity contribution in [2.45, 2.75) is 31.8 Å². The lowest BCUT2D eigenvalue weighted by Crippen LogP contribution is -2.47. The summed E-state index contributed by atoms with van der Waals surface area (Å²) < 4.78 is 0. The van der Waals surface area contributed by atoms with E-state index in [-0.39, 0.29) is 11.9 Å². The molecule has 1 aromatic rings. The lowest BCUT2D eigenvalue weighted by Gasteiger charge is -2.33. The normalized spacial score (nSPS) is 21.3. The number of piperidine rings is 1. The maximum Gasteiger partial charge on any atom is 0.234 e. The Morgan fingerprint density at radius 3 is 2.82 bits per heavy atom. The van der Waals surface area contributed by atoms with Crippen LogP contribution in [0.15, 0.2) is 24.3 Å². The molecule has 1 amide bonds. The molecule has 0 aliphatic carbocycles. The number of anilines is 1. The van der Waals surface area contributed by atoms with E-state index >= 15 is 0 Å². The standard InChI is InChI=1S/C13H19N3O/c14-11-6-2-1-5-10(11)9-16-8-4-3-7-12(16)13(15)17/h1-2,5-6,12H,3-4,7-9,14H2,(H2,15,17). The van der Waals surface area contributed by atoms with Gasteiger partial charge in [0.25, 0.3) is 0 Å². The zero-order valence-electron chi connectivity index (χ0n) is 9.93. The molecule has 1 aliphatic heterocycles. The van der Waals surface area contributed by atoms with Crippen LogP contribution in [-0.4, -0.2) is 23.4 Å². The van der Waals surface area contributed by atoms with Gasteiger partial charge in [0.2, 0.25) is 5.91 Å². The molecule has 0 bridgehead atoms. The number of nitrogens with zero attached hydrogens (tertiary/aromatic N) is 1. The maximum absolute atomic E-state index is 11.4. The molecule has 1 aromatic carbocycles. The molecular weight excluding hydrogens is 214 g/mol. The number of hydrogen-bond acceptors (Lipinski definition) is 3. The fourth-order valence-corrected chi connectivity index (χ4v) is 2.40. The molecule has 17 heavy (non-hydrogen) atoms. The summed E-state index contributed by atoms with van der Waals surface area (Å²) in [7, 11) is 0. The van der Waals surface area contributed by atoms with Crippen LogP contribution in [0.5, 0.6) is 0 Å². The van der Waals surface area contributed by atoms with Crippen molar-refractivity contribution in [1.29, 1.82) is 0 Å². The Balaban J connectivity index is 2.11. The zero-order valence-corrected chi connectivity index (χ0v) is 9.93. The quantitative estimate of drug-likeness (QED) is 0.768. The van der Waals surface area contributed by atoms with Crippen molar-refractivity contribution in [3.63, 3.8) is 0 Å². The number of primary amides is 1. The van der Waals surface area contributed by atoms with Crippen LogP contribution in [0.1, 0.15) is 24.8 Å². The van der Waals surface area contributed by atoms with E-state index in [1.807, 2.05) is 24.3 Å². The van der Waals surface area contributed by atoms with Gasteiger partial charge in [0.1, 0.15) is 0 Å². The van der Waals surface area contributed by atoms with E-state index in [0.717, 1.165) is 37.1 Å². The smallest absolute Gasteiger partial charge is 0.234 e. The molecule has 1 fully saturated rings. The molecule has 92 valence electrons. The van der Waals surface area contributed by atoms with E-state index in [1.165, 1.54) is 0 Å². The van der Waals surface area contributed by atoms with Crippen LogP contribution in [0.2, 0.25) is 0 Å². The maximum atomic E-state index is 11.4. The van der Waals surface area contributed by atoms with Crippen molar-refractivity contribution in [2.24, 2.45) is 5.73 Å². The highest BCUT2D eigenvalue weighted by Crippen LogP contribution is 2.21. The van der Waals surface area contributed by atoms with Gasteiger partial charge in [-0.1, -0.05) is 24.6 Å². The van der Waals surface area contributed by atoms with Crippen LogP contribution in [0.3, 0.4) is 0 Å². The second kappa shape index (κ2) is 5.19. The highest BCUT2D eigenvalue weighted by Gasteiger charge is 2.26. The monoisotopic (exact) mass is 233 g/mol. The van der Waals surface area contributed by atoms with Gasteiger partial charge in [-0.25, -0.2) is 0 Å². The summed E-state index contributed by atoms with van der Waals surface area (Å²) in [5.74, 6) is -0.223. The Labute approximate surface area is 102 Å². The van der Waals surface area contributed by atoms with Gasteiger partial charge in [0, 0.05) is 12.2 Å². The first-order chi connectivity index (χ1) is 8.18. The molecule has 1 heterocycles. The topological polar surface area (TPSA) is 72.4 Å². The number of nitrogens with two attached hydrogens (primary N) is 2. The van der Waals surface area contributed by atoms with Crippen LogP contribution < -0.4 is 11.5 Å². The molecule has 4 N–H and O–H groups in total. The number of amides is 1. The predicted molar refractivity (Wildman–Crippen MR) is 68.1 cm³/mol. The van der Waals surface area contributed by atoms with Crippen molar-refractivity contribution in [3.8, 4) is 0 Å². The number of benzene rings is 1. The molecule has 0 saturated carbocycles. The van der Waals surface area contributed by atoms with E-state index in [0.29, 0.717) is 6.54 Å². The lowest BCUT2D eigenvalue weighted by atomic mass is 10.0. The Morgan fingerprint density at radius 2 is 2.12 bits per heavy atom. The van der Waals surface area contributed by atoms with Gasteiger partial charge in [-0.2, -0.15) is 0 Å². The van der Waals surface area contributed by atoms with Crippen molar-refractivity contribution >= 4 is 11.6 Å². The molecule has 0 aromatic heterocycles. The molecule has 0 radical (unpaired) electrons. The van der Waals surface area contributed by atoms with E-state index < -0.39 is 0 Å². The molecule has 0 spiro atoms. The van der Waals surface area contributed by atoms with Gasteiger partial charge in [-0.3, -0.25) is 9.69 Å². The first kappa shape index (κ1) is 11.9. The SMILES string of the molecule is NC(=O)C1CCCCN1Cc1ccccc1N. The second-order valence-electron chi connectivity index (χ2n) is 4.58. The zero-order chi connectivity index (χ0) is 12.3. The minimum Gasteiger partial charge on any atom is -0.398 e. The Kier molecular flexibility index (Phi) is 3.64. The molecular formula is C13H19N3O. The first-order valence-electron chi connectivity index (χ1n) is 6.05. The molecule has 1 aliphatic rings. The summed E-state index contributed by atoms with van der Waals surface area (Å²) in [6.07, 6.45) is 3.06. The average Bonchev–Trinajstić information content (AvgIpc) is 2.32. The molecule has 1 atom stereocenters. The number of nitrogen functional groups attached to an aromatic ring is 1. The molecule has 1 saturated heterocycles. The molecule has 4 nitrogen and oxygen atoms in total. The summed E-state index contributed by atoms with van der Waals surface area (Å²) in [6, 6.07) is 7.64. The van der Waals surface area contributed by atoms with Crippen LogP contribution in [0.25, 0.3) is 0 Å². The van der Waals surface area contributed by atoms with Crippen LogP contribution >= 0.6 is 0 Å². The van der Waals surface area contributed by atoms with Gasteiger partial charge in [0.15, 0.2) is 0 Å². The summed E-state index contributed by atoms with van der Waals surface area (Å²) in [6.45, 7) is 1.63. The summed E-state index contributed by atoms with van der Waals surface area (Å²) >= 11 is 0. The number of rotatable bonds is 3. The predicted octanol–water partition coefficient (Wildman–Crippen LogP) is 1.11. The molecule has 1 unspecified atom stereocenters. The summed E-state index contributed by atoms with van der Waals surface area (Å²) in [5.41, 5.74) is 13.2. The third-order valence-corrected chi connectivity index (χ3v) is 3.37. The average molecular weight is 233 g/mol. The van der Waals surface area contributed by atoms with E-state index in [1.54, 1.807) is 0 Å². The number of carbonyl (C=O) groups excluding carboxylic acids is 1. The number of hydrogen-bond donors (Lipinski definition) is 2. The van der Waals surface area contributed by atoms with Gasteiger partial charge in [0.05, 0.1) is 6.04 Å². The Morgan fingerprint density at radius 1 is 1.35 bits per heavy atom. The second-order valence-corrected chi connectivity index (χ2v) is 4.58. The fraction of sp³-hybridized carbons (Fsp3) is 0.462. The van der Waals surface area contributed by atoms with Crippen LogP contribution in [0.4, 0.5) is 5.69 Å². The van der Waals surface area contributed by atoms with Gasteiger partial charge >= 0.3 is 0 Å². The molecule has 4 heteroatoms. The van der Waals surface area contributed by atoms with E-state index in [4.69, 9.17) is 11.5 Å². The van der Waals surface area contributed by atoms with Gasteiger partial charge in [-0.15, -0.1) is 0 Å². The highest BCUT2D eigenvalue weighted by atomic mass is 16.1. The fourth-order valence-electron chi connectivity index (χ4n) is 2.40. The number of likely N-dealkylation sites (tertiary alicyclic amines) is 1. The van der Waals surface area contributed by atoms with Crippen molar-refractivity contribution < 1.29 is 4.79 Å².